The van der Waals surface area contributed by atoms with Crippen molar-refractivity contribution in [3.05, 3.63) is 0 Å². The molecule has 1 aliphatic rings. The van der Waals surface area contributed by atoms with Gasteiger partial charge in [-0.3, -0.25) is 0 Å². The number of ether oxygens (including phenoxy) is 1. The molecule has 84 valence electrons. The molecule has 0 bridgehead atoms. The monoisotopic (exact) mass is 207 g/mol. The average molecular weight is 207 g/mol. The van der Waals surface area contributed by atoms with Gasteiger partial charge in [-0.05, 0) is 14.1 Å². The highest BCUT2D eigenvalue weighted by Gasteiger charge is 2.44. The molecule has 1 heterocycles. The highest BCUT2D eigenvalue weighted by molar-refractivity contribution is 4.93. The highest BCUT2D eigenvalue weighted by atomic mass is 16.6. The molecule has 1 fully saturated rings. The van der Waals surface area contributed by atoms with Gasteiger partial charge in [0.25, 0.3) is 0 Å². The van der Waals surface area contributed by atoms with Gasteiger partial charge in [-0.25, -0.2) is 0 Å². The Morgan fingerprint density at radius 2 is 1.71 bits per heavy atom. The van der Waals surface area contributed by atoms with Crippen molar-refractivity contribution in [3.8, 4) is 0 Å². The van der Waals surface area contributed by atoms with Gasteiger partial charge in [0.1, 0.15) is 18.3 Å². The van der Waals surface area contributed by atoms with Gasteiger partial charge in [-0.2, -0.15) is 0 Å². The van der Waals surface area contributed by atoms with Crippen molar-refractivity contribution < 1.29 is 25.2 Å². The molecule has 0 radical (unpaired) electrons. The first-order valence-electron chi connectivity index (χ1n) is 4.46. The van der Waals surface area contributed by atoms with Crippen molar-refractivity contribution in [3.63, 3.8) is 0 Å². The molecule has 0 aromatic heterocycles. The molecule has 3 unspecified atom stereocenters. The predicted octanol–water partition coefficient (Wildman–Crippen LogP) is -2.65. The second kappa shape index (κ2) is 4.52. The second-order valence-electron chi connectivity index (χ2n) is 3.68. The van der Waals surface area contributed by atoms with Gasteiger partial charge in [0.15, 0.2) is 6.29 Å². The van der Waals surface area contributed by atoms with Crippen molar-refractivity contribution in [2.45, 2.75) is 30.6 Å². The minimum Gasteiger partial charge on any atom is -0.394 e. The standard InChI is InChI=1S/C8H17NO5/c1-9(2)5-6(11)4(3-10)14-8(13)7(5)12/h4-8,10-13H,3H2,1-2H3/t4?,5?,6-,7?,8-/m1/s1. The van der Waals surface area contributed by atoms with Gasteiger partial charge >= 0.3 is 0 Å². The van der Waals surface area contributed by atoms with Crippen molar-refractivity contribution in [2.24, 2.45) is 0 Å². The van der Waals surface area contributed by atoms with Crippen LogP contribution in [0.5, 0.6) is 0 Å². The van der Waals surface area contributed by atoms with Crippen molar-refractivity contribution in [1.82, 2.24) is 4.90 Å². The Bertz CT molecular complexity index is 189. The van der Waals surface area contributed by atoms with Gasteiger partial charge in [0.2, 0.25) is 0 Å². The summed E-state index contributed by atoms with van der Waals surface area (Å²) in [7, 11) is 3.34. The van der Waals surface area contributed by atoms with Gasteiger partial charge < -0.3 is 30.1 Å². The number of aliphatic hydroxyl groups excluding tert-OH is 4. The summed E-state index contributed by atoms with van der Waals surface area (Å²) in [6, 6.07) is -0.643. The van der Waals surface area contributed by atoms with E-state index in [1.54, 1.807) is 19.0 Å². The van der Waals surface area contributed by atoms with E-state index in [9.17, 15) is 15.3 Å². The zero-order valence-corrected chi connectivity index (χ0v) is 8.24. The summed E-state index contributed by atoms with van der Waals surface area (Å²) < 4.78 is 4.82. The molecule has 1 saturated heterocycles. The lowest BCUT2D eigenvalue weighted by atomic mass is 9.95. The minimum absolute atomic E-state index is 0.394. The van der Waals surface area contributed by atoms with E-state index >= 15 is 0 Å². The van der Waals surface area contributed by atoms with E-state index in [-0.39, 0.29) is 0 Å². The summed E-state index contributed by atoms with van der Waals surface area (Å²) in [5.41, 5.74) is 0. The van der Waals surface area contributed by atoms with Gasteiger partial charge in [0, 0.05) is 0 Å². The minimum atomic E-state index is -1.37. The maximum atomic E-state index is 9.69. The van der Waals surface area contributed by atoms with Crippen LogP contribution in [0.2, 0.25) is 0 Å². The molecule has 4 N–H and O–H groups in total. The van der Waals surface area contributed by atoms with Crippen LogP contribution in [0, 0.1) is 0 Å². The largest absolute Gasteiger partial charge is 0.394 e. The van der Waals surface area contributed by atoms with E-state index in [2.05, 4.69) is 0 Å². The van der Waals surface area contributed by atoms with Gasteiger partial charge in [-0.1, -0.05) is 0 Å². The van der Waals surface area contributed by atoms with Crippen LogP contribution >= 0.6 is 0 Å². The zero-order chi connectivity index (χ0) is 10.9. The molecule has 5 atom stereocenters. The smallest absolute Gasteiger partial charge is 0.183 e. The fraction of sp³-hybridized carbons (Fsp3) is 1.00. The molecule has 14 heavy (non-hydrogen) atoms. The Morgan fingerprint density at radius 1 is 1.14 bits per heavy atom. The number of aliphatic hydroxyl groups is 4. The first-order valence-corrected chi connectivity index (χ1v) is 4.46. The number of likely N-dealkylation sites (N-methyl/N-ethyl adjacent to an activating group) is 1. The predicted molar refractivity (Wildman–Crippen MR) is 47.5 cm³/mol. The maximum Gasteiger partial charge on any atom is 0.183 e. The van der Waals surface area contributed by atoms with E-state index in [4.69, 9.17) is 9.84 Å². The molecule has 0 aromatic carbocycles. The first-order chi connectivity index (χ1) is 6.49. The summed E-state index contributed by atoms with van der Waals surface area (Å²) in [4.78, 5) is 1.59. The topological polar surface area (TPSA) is 93.4 Å². The van der Waals surface area contributed by atoms with Gasteiger partial charge in [-0.15, -0.1) is 0 Å². The van der Waals surface area contributed by atoms with E-state index in [0.29, 0.717) is 0 Å². The average Bonchev–Trinajstić information content (AvgIpc) is 2.11. The zero-order valence-electron chi connectivity index (χ0n) is 8.24. The molecule has 0 aromatic rings. The Kier molecular flexibility index (Phi) is 3.82. The summed E-state index contributed by atoms with van der Waals surface area (Å²) in [6.45, 7) is -0.394. The number of hydrogen-bond donors (Lipinski definition) is 4. The molecule has 1 rings (SSSR count). The van der Waals surface area contributed by atoms with Crippen LogP contribution in [0.3, 0.4) is 0 Å². The Morgan fingerprint density at radius 3 is 2.14 bits per heavy atom. The molecule has 1 aliphatic heterocycles. The SMILES string of the molecule is CN(C)C1C(O)[C@H](O)OC(CO)[C@H]1O. The van der Waals surface area contributed by atoms with E-state index in [1.807, 2.05) is 0 Å². The van der Waals surface area contributed by atoms with E-state index in [1.165, 1.54) is 0 Å². The Hall–Kier alpha value is -0.240. The molecule has 0 aliphatic carbocycles. The Balaban J connectivity index is 2.78. The number of nitrogens with zero attached hydrogens (tertiary/aromatic N) is 1. The van der Waals surface area contributed by atoms with Crippen molar-refractivity contribution in [2.75, 3.05) is 20.7 Å². The van der Waals surface area contributed by atoms with Crippen molar-refractivity contribution in [1.29, 1.82) is 0 Å². The number of hydrogen-bond acceptors (Lipinski definition) is 6. The third kappa shape index (κ3) is 2.05. The van der Waals surface area contributed by atoms with Crippen molar-refractivity contribution >= 4 is 0 Å². The molecular weight excluding hydrogens is 190 g/mol. The lowest BCUT2D eigenvalue weighted by Crippen LogP contribution is -2.63. The third-order valence-electron chi connectivity index (χ3n) is 2.46. The summed E-state index contributed by atoms with van der Waals surface area (Å²) >= 11 is 0. The first kappa shape index (κ1) is 11.8. The van der Waals surface area contributed by atoms with Crippen LogP contribution in [0.4, 0.5) is 0 Å². The lowest BCUT2D eigenvalue weighted by molar-refractivity contribution is -0.272. The van der Waals surface area contributed by atoms with Gasteiger partial charge in [0.05, 0.1) is 12.6 Å². The number of rotatable bonds is 2. The quantitative estimate of drug-likeness (QED) is 0.395. The summed E-state index contributed by atoms with van der Waals surface area (Å²) in [5, 5.41) is 37.4. The van der Waals surface area contributed by atoms with Crippen LogP contribution in [0.25, 0.3) is 0 Å². The van der Waals surface area contributed by atoms with E-state index < -0.39 is 37.3 Å². The third-order valence-corrected chi connectivity index (χ3v) is 2.46. The molecule has 6 heteroatoms. The second-order valence-corrected chi connectivity index (χ2v) is 3.68. The van der Waals surface area contributed by atoms with Crippen LogP contribution in [0.1, 0.15) is 0 Å². The van der Waals surface area contributed by atoms with Crippen LogP contribution in [-0.2, 0) is 4.74 Å². The lowest BCUT2D eigenvalue weighted by Gasteiger charge is -2.43. The molecule has 6 nitrogen and oxygen atoms in total. The van der Waals surface area contributed by atoms with E-state index in [0.717, 1.165) is 0 Å². The molecule has 0 spiro atoms. The fourth-order valence-electron chi connectivity index (χ4n) is 1.69. The van der Waals surface area contributed by atoms with Crippen LogP contribution in [-0.4, -0.2) is 76.7 Å². The Labute approximate surface area is 82.3 Å². The normalized spacial score (nSPS) is 44.4. The molecular formula is C8H17NO5. The molecule has 0 saturated carbocycles. The van der Waals surface area contributed by atoms with Crippen LogP contribution in [0.15, 0.2) is 0 Å². The highest BCUT2D eigenvalue weighted by Crippen LogP contribution is 2.22. The molecule has 0 amide bonds. The summed E-state index contributed by atoms with van der Waals surface area (Å²) in [5.74, 6) is 0. The summed E-state index contributed by atoms with van der Waals surface area (Å²) in [6.07, 6.45) is -4.43. The van der Waals surface area contributed by atoms with Crippen LogP contribution < -0.4 is 0 Å². The fourth-order valence-corrected chi connectivity index (χ4v) is 1.69. The maximum absolute atomic E-state index is 9.69.